The first kappa shape index (κ1) is 23.4. The summed E-state index contributed by atoms with van der Waals surface area (Å²) in [6.07, 6.45) is 11.0. The van der Waals surface area contributed by atoms with Gasteiger partial charge in [-0.2, -0.15) is 0 Å². The van der Waals surface area contributed by atoms with Crippen LogP contribution in [-0.4, -0.2) is 71.4 Å². The third kappa shape index (κ3) is 7.45. The van der Waals surface area contributed by atoms with Gasteiger partial charge in [0.15, 0.2) is 11.5 Å². The van der Waals surface area contributed by atoms with E-state index >= 15 is 0 Å². The Kier molecular flexibility index (Phi) is 9.06. The summed E-state index contributed by atoms with van der Waals surface area (Å²) in [7, 11) is 5.79. The normalized spacial score (nSPS) is 15.9. The Hall–Kier alpha value is -2.22. The summed E-state index contributed by atoms with van der Waals surface area (Å²) in [5.74, 6) is 1.33. The van der Waals surface area contributed by atoms with Crippen LogP contribution in [0.15, 0.2) is 36.8 Å². The summed E-state index contributed by atoms with van der Waals surface area (Å²) < 4.78 is 11.4. The van der Waals surface area contributed by atoms with Gasteiger partial charge in [-0.25, -0.2) is 0 Å². The lowest BCUT2D eigenvalue weighted by Crippen LogP contribution is -2.40. The number of benzene rings is 1. The molecule has 170 valence electrons. The fraction of sp³-hybridized carbons (Fsp3) is 0.583. The van der Waals surface area contributed by atoms with Gasteiger partial charge in [0.25, 0.3) is 0 Å². The van der Waals surface area contributed by atoms with E-state index in [-0.39, 0.29) is 6.61 Å². The molecule has 1 heterocycles. The molecule has 2 aromatic rings. The van der Waals surface area contributed by atoms with E-state index in [1.54, 1.807) is 25.7 Å². The molecule has 0 saturated heterocycles. The molecule has 1 aromatic carbocycles. The fourth-order valence-electron chi connectivity index (χ4n) is 4.23. The second kappa shape index (κ2) is 12.0. The van der Waals surface area contributed by atoms with Crippen LogP contribution in [0.5, 0.6) is 11.5 Å². The zero-order valence-electron chi connectivity index (χ0n) is 19.0. The molecule has 0 amide bonds. The van der Waals surface area contributed by atoms with Gasteiger partial charge in [0, 0.05) is 44.3 Å². The Labute approximate surface area is 186 Å². The van der Waals surface area contributed by atoms with Crippen LogP contribution in [0.1, 0.15) is 43.4 Å². The molecule has 3 rings (SSSR count). The first-order valence-electron chi connectivity index (χ1n) is 11.2. The molecule has 0 bridgehead atoms. The molecule has 1 fully saturated rings. The number of nitrogens with zero attached hydrogens (tertiary/aromatic N) is 4. The van der Waals surface area contributed by atoms with Gasteiger partial charge in [0.05, 0.1) is 12.8 Å². The highest BCUT2D eigenvalue weighted by Crippen LogP contribution is 2.29. The number of hydrogen-bond acceptors (Lipinski definition) is 7. The molecule has 31 heavy (non-hydrogen) atoms. The van der Waals surface area contributed by atoms with Gasteiger partial charge in [-0.3, -0.25) is 14.9 Å². The van der Waals surface area contributed by atoms with Crippen molar-refractivity contribution in [3.05, 3.63) is 48.0 Å². The van der Waals surface area contributed by atoms with Crippen molar-refractivity contribution >= 4 is 0 Å². The molecule has 0 aliphatic heterocycles. The van der Waals surface area contributed by atoms with Crippen LogP contribution in [0.2, 0.25) is 0 Å². The molecule has 1 saturated carbocycles. The van der Waals surface area contributed by atoms with Crippen molar-refractivity contribution < 1.29 is 14.6 Å². The van der Waals surface area contributed by atoms with Crippen LogP contribution in [0.25, 0.3) is 0 Å². The average molecular weight is 429 g/mol. The van der Waals surface area contributed by atoms with E-state index in [1.807, 2.05) is 25.2 Å². The minimum Gasteiger partial charge on any atom is -0.493 e. The molecule has 1 aliphatic rings. The number of aromatic nitrogens is 2. The number of aliphatic hydroxyl groups excluding tert-OH is 1. The third-order valence-corrected chi connectivity index (χ3v) is 5.86. The van der Waals surface area contributed by atoms with Crippen molar-refractivity contribution in [1.82, 2.24) is 19.8 Å². The van der Waals surface area contributed by atoms with Crippen LogP contribution in [-0.2, 0) is 13.1 Å². The van der Waals surface area contributed by atoms with Gasteiger partial charge in [0.1, 0.15) is 12.7 Å². The van der Waals surface area contributed by atoms with Gasteiger partial charge >= 0.3 is 0 Å². The highest BCUT2D eigenvalue weighted by molar-refractivity contribution is 5.43. The molecule has 0 radical (unpaired) electrons. The van der Waals surface area contributed by atoms with Gasteiger partial charge in [-0.1, -0.05) is 25.3 Å². The molecule has 0 spiro atoms. The lowest BCUT2D eigenvalue weighted by Gasteiger charge is -2.32. The molecule has 1 aromatic heterocycles. The van der Waals surface area contributed by atoms with Crippen molar-refractivity contribution in [2.24, 2.45) is 0 Å². The highest BCUT2D eigenvalue weighted by Gasteiger charge is 2.20. The van der Waals surface area contributed by atoms with Gasteiger partial charge in [-0.15, -0.1) is 0 Å². The predicted molar refractivity (Wildman–Crippen MR) is 121 cm³/mol. The lowest BCUT2D eigenvalue weighted by atomic mass is 9.94. The lowest BCUT2D eigenvalue weighted by molar-refractivity contribution is 0.0553. The Morgan fingerprint density at radius 2 is 1.90 bits per heavy atom. The summed E-state index contributed by atoms with van der Waals surface area (Å²) in [4.78, 5) is 12.9. The maximum atomic E-state index is 10.5. The highest BCUT2D eigenvalue weighted by atomic mass is 16.5. The fourth-order valence-corrected chi connectivity index (χ4v) is 4.23. The predicted octanol–water partition coefficient (Wildman–Crippen LogP) is 3.12. The van der Waals surface area contributed by atoms with Crippen molar-refractivity contribution in [2.75, 3.05) is 34.4 Å². The third-order valence-electron chi connectivity index (χ3n) is 5.86. The van der Waals surface area contributed by atoms with Crippen LogP contribution >= 0.6 is 0 Å². The van der Waals surface area contributed by atoms with Gasteiger partial charge < -0.3 is 19.5 Å². The monoisotopic (exact) mass is 428 g/mol. The quantitative estimate of drug-likeness (QED) is 0.590. The second-order valence-electron chi connectivity index (χ2n) is 8.55. The van der Waals surface area contributed by atoms with Crippen molar-refractivity contribution in [3.63, 3.8) is 0 Å². The van der Waals surface area contributed by atoms with Crippen molar-refractivity contribution in [1.29, 1.82) is 0 Å². The van der Waals surface area contributed by atoms with Crippen molar-refractivity contribution in [2.45, 2.75) is 57.3 Å². The largest absolute Gasteiger partial charge is 0.493 e. The maximum absolute atomic E-state index is 10.5. The number of hydrogen-bond donors (Lipinski definition) is 1. The van der Waals surface area contributed by atoms with Gasteiger partial charge in [-0.05, 0) is 44.6 Å². The minimum atomic E-state index is -0.533. The molecule has 7 nitrogen and oxygen atoms in total. The molecular weight excluding hydrogens is 392 g/mol. The smallest absolute Gasteiger partial charge is 0.161 e. The number of methoxy groups -OCH3 is 1. The van der Waals surface area contributed by atoms with E-state index in [0.29, 0.717) is 24.1 Å². The second-order valence-corrected chi connectivity index (χ2v) is 8.55. The maximum Gasteiger partial charge on any atom is 0.161 e. The van der Waals surface area contributed by atoms with E-state index in [4.69, 9.17) is 9.47 Å². The minimum absolute atomic E-state index is 0.249. The molecule has 1 atom stereocenters. The van der Waals surface area contributed by atoms with Gasteiger partial charge in [0.2, 0.25) is 0 Å². The Morgan fingerprint density at radius 1 is 1.10 bits per heavy atom. The van der Waals surface area contributed by atoms with Crippen LogP contribution in [0.4, 0.5) is 0 Å². The zero-order chi connectivity index (χ0) is 22.1. The molecule has 7 heteroatoms. The zero-order valence-corrected chi connectivity index (χ0v) is 19.0. The SMILES string of the molecule is COc1cc(CN(C)Cc2cnccn2)ccc1OC[C@@H](O)CN(C)C1CCCCC1. The van der Waals surface area contributed by atoms with E-state index in [0.717, 1.165) is 24.3 Å². The standard InChI is InChI=1S/C24H36N4O3/c1-27(16-20-14-25-11-12-26-20)15-19-9-10-23(24(13-19)30-3)31-18-22(29)17-28(2)21-7-5-4-6-8-21/h9-14,21-22,29H,4-8,15-18H2,1-3H3/t22-/m0/s1. The van der Waals surface area contributed by atoms with E-state index in [1.165, 1.54) is 32.1 Å². The summed E-state index contributed by atoms with van der Waals surface area (Å²) >= 11 is 0. The summed E-state index contributed by atoms with van der Waals surface area (Å²) in [6.45, 7) is 2.34. The number of ether oxygens (including phenoxy) is 2. The van der Waals surface area contributed by atoms with E-state index in [9.17, 15) is 5.11 Å². The topological polar surface area (TPSA) is 71.0 Å². The number of likely N-dealkylation sites (N-methyl/N-ethyl adjacent to an activating group) is 1. The molecular formula is C24H36N4O3. The summed E-state index contributed by atoms with van der Waals surface area (Å²) in [5, 5.41) is 10.5. The Balaban J connectivity index is 1.49. The number of rotatable bonds is 11. The molecule has 1 aliphatic carbocycles. The van der Waals surface area contributed by atoms with Crippen LogP contribution < -0.4 is 9.47 Å². The average Bonchev–Trinajstić information content (AvgIpc) is 2.79. The van der Waals surface area contributed by atoms with Crippen LogP contribution in [0, 0.1) is 0 Å². The summed E-state index contributed by atoms with van der Waals surface area (Å²) in [6, 6.07) is 6.52. The first-order valence-corrected chi connectivity index (χ1v) is 11.2. The Bertz CT molecular complexity index is 784. The van der Waals surface area contributed by atoms with Crippen molar-refractivity contribution in [3.8, 4) is 11.5 Å². The summed E-state index contributed by atoms with van der Waals surface area (Å²) in [5.41, 5.74) is 2.05. The molecule has 0 unspecified atom stereocenters. The number of aliphatic hydroxyl groups is 1. The van der Waals surface area contributed by atoms with Crippen LogP contribution in [0.3, 0.4) is 0 Å². The molecule has 1 N–H and O–H groups in total. The van der Waals surface area contributed by atoms with E-state index < -0.39 is 6.10 Å². The first-order chi connectivity index (χ1) is 15.0. The van der Waals surface area contributed by atoms with E-state index in [2.05, 4.69) is 26.8 Å². The Morgan fingerprint density at radius 3 is 2.61 bits per heavy atom.